The van der Waals surface area contributed by atoms with Gasteiger partial charge in [0.25, 0.3) is 0 Å². The molecule has 2 aromatic carbocycles. The number of benzene rings is 2. The summed E-state index contributed by atoms with van der Waals surface area (Å²) >= 11 is 0. The first-order valence-corrected chi connectivity index (χ1v) is 5.20. The minimum Gasteiger partial charge on any atom is -0.508 e. The first-order valence-electron chi connectivity index (χ1n) is 5.20. The fourth-order valence-corrected chi connectivity index (χ4v) is 1.79. The summed E-state index contributed by atoms with van der Waals surface area (Å²) in [7, 11) is 0. The highest BCUT2D eigenvalue weighted by molar-refractivity contribution is 5.80. The summed E-state index contributed by atoms with van der Waals surface area (Å²) in [6.07, 6.45) is 0. The van der Waals surface area contributed by atoms with Crippen LogP contribution in [0.4, 0.5) is 0 Å². The number of H-pyrrole nitrogens is 1. The van der Waals surface area contributed by atoms with E-state index in [4.69, 9.17) is 0 Å². The van der Waals surface area contributed by atoms with E-state index in [1.807, 2.05) is 6.07 Å². The van der Waals surface area contributed by atoms with Crippen LogP contribution in [0.25, 0.3) is 22.4 Å². The summed E-state index contributed by atoms with van der Waals surface area (Å²) in [5.41, 5.74) is 2.35. The van der Waals surface area contributed by atoms with Gasteiger partial charge in [-0.15, -0.1) is 0 Å². The Morgan fingerprint density at radius 2 is 1.76 bits per heavy atom. The fraction of sp³-hybridized carbons (Fsp3) is 0. The molecule has 3 rings (SSSR count). The van der Waals surface area contributed by atoms with Gasteiger partial charge in [0, 0.05) is 11.6 Å². The fourth-order valence-electron chi connectivity index (χ4n) is 1.79. The molecule has 0 radical (unpaired) electrons. The molecule has 4 nitrogen and oxygen atoms in total. The number of phenolic OH excluding ortho intramolecular Hbond substituents is 2. The molecule has 3 aromatic rings. The number of imidazole rings is 1. The maximum atomic E-state index is 9.41. The van der Waals surface area contributed by atoms with Crippen molar-refractivity contribution in [3.05, 3.63) is 42.5 Å². The van der Waals surface area contributed by atoms with Gasteiger partial charge < -0.3 is 15.2 Å². The third-order valence-electron chi connectivity index (χ3n) is 2.59. The minimum absolute atomic E-state index is 0.198. The summed E-state index contributed by atoms with van der Waals surface area (Å²) in [5, 5.41) is 18.8. The number of hydrogen-bond donors (Lipinski definition) is 3. The molecular weight excluding hydrogens is 216 g/mol. The van der Waals surface area contributed by atoms with Gasteiger partial charge in [0.1, 0.15) is 17.3 Å². The lowest BCUT2D eigenvalue weighted by molar-refractivity contribution is 0.475. The van der Waals surface area contributed by atoms with Gasteiger partial charge in [0.05, 0.1) is 11.0 Å². The zero-order valence-corrected chi connectivity index (χ0v) is 8.88. The molecule has 0 saturated carbocycles. The number of aromatic hydroxyl groups is 2. The Labute approximate surface area is 97.2 Å². The Morgan fingerprint density at radius 1 is 0.941 bits per heavy atom. The van der Waals surface area contributed by atoms with Crippen LogP contribution >= 0.6 is 0 Å². The lowest BCUT2D eigenvalue weighted by Gasteiger charge is -1.96. The van der Waals surface area contributed by atoms with Crippen LogP contribution in [-0.2, 0) is 0 Å². The second-order valence-electron chi connectivity index (χ2n) is 3.84. The quantitative estimate of drug-likeness (QED) is 0.597. The van der Waals surface area contributed by atoms with E-state index in [0.29, 0.717) is 5.82 Å². The highest BCUT2D eigenvalue weighted by Crippen LogP contribution is 2.25. The Kier molecular flexibility index (Phi) is 2.01. The Hall–Kier alpha value is -2.49. The Balaban J connectivity index is 2.18. The number of aromatic nitrogens is 2. The van der Waals surface area contributed by atoms with Gasteiger partial charge in [0.15, 0.2) is 0 Å². The van der Waals surface area contributed by atoms with Gasteiger partial charge in [-0.1, -0.05) is 12.1 Å². The first kappa shape index (κ1) is 9.72. The van der Waals surface area contributed by atoms with Crippen LogP contribution in [-0.4, -0.2) is 20.2 Å². The largest absolute Gasteiger partial charge is 0.508 e. The van der Waals surface area contributed by atoms with E-state index in [0.717, 1.165) is 16.6 Å². The van der Waals surface area contributed by atoms with Crippen LogP contribution < -0.4 is 0 Å². The molecule has 0 fully saturated rings. The highest BCUT2D eigenvalue weighted by Gasteiger charge is 2.06. The van der Waals surface area contributed by atoms with Crippen LogP contribution in [0.3, 0.4) is 0 Å². The summed E-state index contributed by atoms with van der Waals surface area (Å²) < 4.78 is 0. The van der Waals surface area contributed by atoms with Gasteiger partial charge >= 0.3 is 0 Å². The predicted octanol–water partition coefficient (Wildman–Crippen LogP) is 2.64. The van der Waals surface area contributed by atoms with E-state index in [9.17, 15) is 10.2 Å². The number of aromatic amines is 1. The number of phenols is 2. The zero-order chi connectivity index (χ0) is 11.8. The minimum atomic E-state index is 0.198. The molecule has 0 unspecified atom stereocenters. The molecule has 4 heteroatoms. The number of rotatable bonds is 1. The van der Waals surface area contributed by atoms with Crippen molar-refractivity contribution in [3.8, 4) is 22.9 Å². The highest BCUT2D eigenvalue weighted by atomic mass is 16.3. The van der Waals surface area contributed by atoms with Crippen LogP contribution in [0, 0.1) is 0 Å². The molecule has 0 bridgehead atoms. The number of nitrogens with zero attached hydrogens (tertiary/aromatic N) is 1. The zero-order valence-electron chi connectivity index (χ0n) is 8.88. The summed E-state index contributed by atoms with van der Waals surface area (Å²) in [5.74, 6) is 1.07. The smallest absolute Gasteiger partial charge is 0.138 e. The van der Waals surface area contributed by atoms with E-state index < -0.39 is 0 Å². The SMILES string of the molecule is Oc1cccc(-c2nc3ccc(O)cc3[nH]2)c1. The van der Waals surface area contributed by atoms with E-state index in [1.165, 1.54) is 0 Å². The molecule has 0 atom stereocenters. The second kappa shape index (κ2) is 3.52. The Morgan fingerprint density at radius 3 is 2.59 bits per heavy atom. The molecule has 0 saturated heterocycles. The predicted molar refractivity (Wildman–Crippen MR) is 64.9 cm³/mol. The van der Waals surface area contributed by atoms with Crippen molar-refractivity contribution in [2.75, 3.05) is 0 Å². The standard InChI is InChI=1S/C13H10N2O2/c16-9-3-1-2-8(6-9)13-14-11-5-4-10(17)7-12(11)15-13/h1-7,16-17H,(H,14,15). The molecule has 0 spiro atoms. The Bertz CT molecular complexity index is 689. The molecule has 3 N–H and O–H groups in total. The number of hydrogen-bond acceptors (Lipinski definition) is 3. The van der Waals surface area contributed by atoms with Gasteiger partial charge in [0.2, 0.25) is 0 Å². The van der Waals surface area contributed by atoms with E-state index in [2.05, 4.69) is 9.97 Å². The van der Waals surface area contributed by atoms with Crippen molar-refractivity contribution in [1.82, 2.24) is 9.97 Å². The number of nitrogens with one attached hydrogen (secondary N) is 1. The summed E-state index contributed by atoms with van der Waals surface area (Å²) in [6.45, 7) is 0. The third kappa shape index (κ3) is 1.69. The van der Waals surface area contributed by atoms with Crippen LogP contribution in [0.2, 0.25) is 0 Å². The maximum Gasteiger partial charge on any atom is 0.138 e. The average molecular weight is 226 g/mol. The van der Waals surface area contributed by atoms with Crippen molar-refractivity contribution < 1.29 is 10.2 Å². The normalized spacial score (nSPS) is 10.8. The molecule has 1 heterocycles. The van der Waals surface area contributed by atoms with Crippen molar-refractivity contribution in [2.45, 2.75) is 0 Å². The van der Waals surface area contributed by atoms with E-state index in [1.54, 1.807) is 36.4 Å². The molecule has 0 aliphatic carbocycles. The van der Waals surface area contributed by atoms with Gasteiger partial charge in [-0.05, 0) is 24.3 Å². The lowest BCUT2D eigenvalue weighted by atomic mass is 10.2. The van der Waals surface area contributed by atoms with E-state index >= 15 is 0 Å². The molecule has 0 aliphatic rings. The van der Waals surface area contributed by atoms with E-state index in [-0.39, 0.29) is 11.5 Å². The second-order valence-corrected chi connectivity index (χ2v) is 3.84. The third-order valence-corrected chi connectivity index (χ3v) is 2.59. The van der Waals surface area contributed by atoms with Gasteiger partial charge in [-0.2, -0.15) is 0 Å². The summed E-state index contributed by atoms with van der Waals surface area (Å²) in [4.78, 5) is 7.49. The summed E-state index contributed by atoms with van der Waals surface area (Å²) in [6, 6.07) is 11.8. The van der Waals surface area contributed by atoms with Crippen molar-refractivity contribution in [2.24, 2.45) is 0 Å². The van der Waals surface area contributed by atoms with Crippen LogP contribution in [0.15, 0.2) is 42.5 Å². The van der Waals surface area contributed by atoms with Crippen LogP contribution in [0.1, 0.15) is 0 Å². The first-order chi connectivity index (χ1) is 8.22. The topological polar surface area (TPSA) is 69.1 Å². The molecule has 1 aromatic heterocycles. The van der Waals surface area contributed by atoms with Gasteiger partial charge in [-0.3, -0.25) is 0 Å². The molecular formula is C13H10N2O2. The van der Waals surface area contributed by atoms with Gasteiger partial charge in [-0.25, -0.2) is 4.98 Å². The molecule has 84 valence electrons. The van der Waals surface area contributed by atoms with Crippen molar-refractivity contribution in [1.29, 1.82) is 0 Å². The van der Waals surface area contributed by atoms with Crippen molar-refractivity contribution >= 4 is 11.0 Å². The molecule has 0 aliphatic heterocycles. The average Bonchev–Trinajstić information content (AvgIpc) is 2.72. The monoisotopic (exact) mass is 226 g/mol. The van der Waals surface area contributed by atoms with Crippen LogP contribution in [0.5, 0.6) is 11.5 Å². The van der Waals surface area contributed by atoms with Crippen molar-refractivity contribution in [3.63, 3.8) is 0 Å². The molecule has 0 amide bonds. The maximum absolute atomic E-state index is 9.41. The lowest BCUT2D eigenvalue weighted by Crippen LogP contribution is -1.78. The molecule has 17 heavy (non-hydrogen) atoms. The number of fused-ring (bicyclic) bond motifs is 1.